The Morgan fingerprint density at radius 2 is 2.04 bits per heavy atom. The van der Waals surface area contributed by atoms with Crippen molar-refractivity contribution in [1.29, 1.82) is 0 Å². The Labute approximate surface area is 156 Å². The third-order valence-electron chi connectivity index (χ3n) is 5.13. The van der Waals surface area contributed by atoms with E-state index in [0.29, 0.717) is 18.3 Å². The second-order valence-corrected chi connectivity index (χ2v) is 7.10. The Hall–Kier alpha value is -2.39. The molecular formula is C17H13ClF3N5O. The lowest BCUT2D eigenvalue weighted by atomic mass is 9.98. The molecule has 2 aliphatic rings. The van der Waals surface area contributed by atoms with E-state index < -0.39 is 17.5 Å². The van der Waals surface area contributed by atoms with Gasteiger partial charge in [-0.2, -0.15) is 19.6 Å². The zero-order chi connectivity index (χ0) is 18.9. The Morgan fingerprint density at radius 1 is 1.22 bits per heavy atom. The summed E-state index contributed by atoms with van der Waals surface area (Å²) in [4.78, 5) is 10.1. The van der Waals surface area contributed by atoms with E-state index in [-0.39, 0.29) is 34.4 Å². The predicted octanol–water partition coefficient (Wildman–Crippen LogP) is 3.43. The SMILES string of the molecule is CC1CCN(c2c(-c3ccc(F)c(F)c3F)c(Cl)nc3ncnn23)C2OC12. The maximum atomic E-state index is 14.6. The largest absolute Gasteiger partial charge is 0.347 e. The van der Waals surface area contributed by atoms with Gasteiger partial charge in [0.05, 0.1) is 5.56 Å². The minimum Gasteiger partial charge on any atom is -0.347 e. The van der Waals surface area contributed by atoms with Crippen LogP contribution < -0.4 is 4.90 Å². The number of anilines is 1. The molecule has 3 atom stereocenters. The number of hydrogen-bond acceptors (Lipinski definition) is 5. The van der Waals surface area contributed by atoms with Crippen LogP contribution in [-0.4, -0.2) is 38.5 Å². The number of benzene rings is 1. The van der Waals surface area contributed by atoms with Gasteiger partial charge in [0, 0.05) is 12.1 Å². The molecule has 0 spiro atoms. The molecule has 0 amide bonds. The van der Waals surface area contributed by atoms with Crippen LogP contribution in [0.2, 0.25) is 5.15 Å². The first kappa shape index (κ1) is 16.8. The van der Waals surface area contributed by atoms with Gasteiger partial charge in [-0.15, -0.1) is 0 Å². The van der Waals surface area contributed by atoms with E-state index in [4.69, 9.17) is 16.3 Å². The van der Waals surface area contributed by atoms with Crippen LogP contribution in [0.3, 0.4) is 0 Å². The number of epoxide rings is 1. The predicted molar refractivity (Wildman–Crippen MR) is 90.9 cm³/mol. The van der Waals surface area contributed by atoms with Crippen molar-refractivity contribution >= 4 is 23.2 Å². The molecule has 1 aromatic carbocycles. The molecule has 4 heterocycles. The fourth-order valence-corrected chi connectivity index (χ4v) is 3.92. The molecular weight excluding hydrogens is 383 g/mol. The molecule has 140 valence electrons. The molecule has 0 N–H and O–H groups in total. The van der Waals surface area contributed by atoms with Gasteiger partial charge in [0.25, 0.3) is 5.78 Å². The highest BCUT2D eigenvalue weighted by Crippen LogP contribution is 2.45. The number of aromatic nitrogens is 4. The van der Waals surface area contributed by atoms with Crippen molar-refractivity contribution in [2.45, 2.75) is 25.7 Å². The van der Waals surface area contributed by atoms with Gasteiger partial charge in [0.1, 0.15) is 23.4 Å². The molecule has 3 aromatic rings. The third-order valence-corrected chi connectivity index (χ3v) is 5.40. The van der Waals surface area contributed by atoms with Crippen molar-refractivity contribution in [3.8, 4) is 11.1 Å². The first-order valence-corrected chi connectivity index (χ1v) is 8.80. The summed E-state index contributed by atoms with van der Waals surface area (Å²) in [7, 11) is 0. The van der Waals surface area contributed by atoms with E-state index in [9.17, 15) is 13.2 Å². The highest BCUT2D eigenvalue weighted by atomic mass is 35.5. The second kappa shape index (κ2) is 5.80. The smallest absolute Gasteiger partial charge is 0.255 e. The summed E-state index contributed by atoms with van der Waals surface area (Å²) in [6.45, 7) is 2.71. The van der Waals surface area contributed by atoms with Gasteiger partial charge < -0.3 is 9.64 Å². The summed E-state index contributed by atoms with van der Waals surface area (Å²) in [6.07, 6.45) is 1.97. The Bertz CT molecular complexity index is 1070. The molecule has 10 heteroatoms. The van der Waals surface area contributed by atoms with E-state index in [2.05, 4.69) is 22.0 Å². The number of ether oxygens (including phenoxy) is 1. The van der Waals surface area contributed by atoms with Crippen molar-refractivity contribution in [3.63, 3.8) is 0 Å². The molecule has 0 radical (unpaired) electrons. The first-order chi connectivity index (χ1) is 13.0. The molecule has 3 unspecified atom stereocenters. The molecule has 2 fully saturated rings. The summed E-state index contributed by atoms with van der Waals surface area (Å²) >= 11 is 6.33. The lowest BCUT2D eigenvalue weighted by Gasteiger charge is -2.30. The van der Waals surface area contributed by atoms with Crippen LogP contribution in [0.5, 0.6) is 0 Å². The third kappa shape index (κ3) is 2.41. The summed E-state index contributed by atoms with van der Waals surface area (Å²) in [5.41, 5.74) is -0.0792. The van der Waals surface area contributed by atoms with E-state index in [1.807, 2.05) is 4.90 Å². The standard InChI is InChI=1S/C17H13ClF3N5O/c1-7-4-5-25(16-13(7)27-16)15-10(8-2-3-9(19)12(21)11(8)20)14(18)24-17-22-6-23-26(15)17/h2-3,6-7,13,16H,4-5H2,1H3. The van der Waals surface area contributed by atoms with Gasteiger partial charge in [-0.3, -0.25) is 0 Å². The monoisotopic (exact) mass is 395 g/mol. The van der Waals surface area contributed by atoms with Crippen LogP contribution >= 0.6 is 11.6 Å². The second-order valence-electron chi connectivity index (χ2n) is 6.75. The molecule has 0 bridgehead atoms. The molecule has 27 heavy (non-hydrogen) atoms. The molecule has 2 saturated heterocycles. The molecule has 2 aliphatic heterocycles. The van der Waals surface area contributed by atoms with Crippen molar-refractivity contribution in [2.24, 2.45) is 5.92 Å². The van der Waals surface area contributed by atoms with Crippen LogP contribution in [0.25, 0.3) is 16.9 Å². The maximum Gasteiger partial charge on any atom is 0.255 e. The van der Waals surface area contributed by atoms with Crippen LogP contribution in [0, 0.1) is 23.4 Å². The van der Waals surface area contributed by atoms with E-state index in [1.165, 1.54) is 10.8 Å². The van der Waals surface area contributed by atoms with E-state index >= 15 is 0 Å². The minimum atomic E-state index is -1.57. The van der Waals surface area contributed by atoms with Gasteiger partial charge in [-0.05, 0) is 24.5 Å². The normalized spacial score (nSPS) is 24.3. The number of piperidine rings is 1. The summed E-state index contributed by atoms with van der Waals surface area (Å²) in [5.74, 6) is -3.18. The van der Waals surface area contributed by atoms with E-state index in [1.54, 1.807) is 0 Å². The average Bonchev–Trinajstić information content (AvgIpc) is 3.33. The van der Waals surface area contributed by atoms with Crippen molar-refractivity contribution in [3.05, 3.63) is 41.1 Å². The number of nitrogens with zero attached hydrogens (tertiary/aromatic N) is 5. The number of halogens is 4. The summed E-state index contributed by atoms with van der Waals surface area (Å²) < 4.78 is 49.1. The summed E-state index contributed by atoms with van der Waals surface area (Å²) in [5, 5.41) is 4.08. The highest BCUT2D eigenvalue weighted by Gasteiger charge is 2.51. The maximum absolute atomic E-state index is 14.6. The molecule has 0 saturated carbocycles. The fourth-order valence-electron chi connectivity index (χ4n) is 3.66. The lowest BCUT2D eigenvalue weighted by molar-refractivity contribution is 0.337. The topological polar surface area (TPSA) is 58.9 Å². The van der Waals surface area contributed by atoms with Crippen molar-refractivity contribution in [1.82, 2.24) is 19.6 Å². The van der Waals surface area contributed by atoms with Gasteiger partial charge >= 0.3 is 0 Å². The minimum absolute atomic E-state index is 0.0481. The van der Waals surface area contributed by atoms with E-state index in [0.717, 1.165) is 18.6 Å². The van der Waals surface area contributed by atoms with Gasteiger partial charge in [-0.25, -0.2) is 13.2 Å². The van der Waals surface area contributed by atoms with Crippen molar-refractivity contribution < 1.29 is 17.9 Å². The van der Waals surface area contributed by atoms with Crippen LogP contribution in [0.4, 0.5) is 19.0 Å². The molecule has 5 rings (SSSR count). The number of rotatable bonds is 2. The fraction of sp³-hybridized carbons (Fsp3) is 0.353. The van der Waals surface area contributed by atoms with Gasteiger partial charge in [-0.1, -0.05) is 18.5 Å². The molecule has 6 nitrogen and oxygen atoms in total. The highest BCUT2D eigenvalue weighted by molar-refractivity contribution is 6.33. The Kier molecular flexibility index (Phi) is 3.60. The first-order valence-electron chi connectivity index (χ1n) is 8.42. The van der Waals surface area contributed by atoms with Crippen LogP contribution in [0.15, 0.2) is 18.5 Å². The average molecular weight is 396 g/mol. The quantitative estimate of drug-likeness (QED) is 0.378. The Morgan fingerprint density at radius 3 is 2.85 bits per heavy atom. The van der Waals surface area contributed by atoms with Crippen molar-refractivity contribution in [2.75, 3.05) is 11.4 Å². The number of hydrogen-bond donors (Lipinski definition) is 0. The zero-order valence-corrected chi connectivity index (χ0v) is 14.8. The molecule has 0 aliphatic carbocycles. The molecule has 2 aromatic heterocycles. The summed E-state index contributed by atoms with van der Waals surface area (Å²) in [6, 6.07) is 1.99. The lowest BCUT2D eigenvalue weighted by Crippen LogP contribution is -2.38. The van der Waals surface area contributed by atoms with Gasteiger partial charge in [0.2, 0.25) is 0 Å². The number of fused-ring (bicyclic) bond motifs is 2. The zero-order valence-electron chi connectivity index (χ0n) is 14.0. The van der Waals surface area contributed by atoms with Crippen LogP contribution in [-0.2, 0) is 4.74 Å². The van der Waals surface area contributed by atoms with Gasteiger partial charge in [0.15, 0.2) is 23.7 Å². The van der Waals surface area contributed by atoms with Crippen LogP contribution in [0.1, 0.15) is 13.3 Å². The Balaban J connectivity index is 1.78.